The molecule has 1 aromatic carbocycles. The third-order valence-corrected chi connectivity index (χ3v) is 1.46. The standard InChI is InChI=1S/C8H10N2O.K/c1-5(11)6-2-3-7(9)8(10)4-6;/h2-4H,10H2,1H3,(H2,9,11);/q;+1/p-1. The van der Waals surface area contributed by atoms with Gasteiger partial charge in [-0.1, -0.05) is 12.1 Å². The quantitative estimate of drug-likeness (QED) is 0.355. The molecule has 0 radical (unpaired) electrons. The molecule has 0 atom stereocenters. The van der Waals surface area contributed by atoms with Crippen molar-refractivity contribution in [1.82, 2.24) is 0 Å². The molecule has 0 spiro atoms. The van der Waals surface area contributed by atoms with Crippen LogP contribution in [0, 0.1) is 0 Å². The molecule has 0 unspecified atom stereocenters. The Labute approximate surface area is 114 Å². The van der Waals surface area contributed by atoms with Crippen LogP contribution in [0.3, 0.4) is 0 Å². The molecule has 3 nitrogen and oxygen atoms in total. The summed E-state index contributed by atoms with van der Waals surface area (Å²) in [6, 6.07) is 4.64. The summed E-state index contributed by atoms with van der Waals surface area (Å²) in [5, 5.41) is 0. The number of Topliss-reactive ketones (excluding diaryl/α,β-unsaturated/α-hetero) is 1. The van der Waals surface area contributed by atoms with E-state index in [2.05, 4.69) is 0 Å². The summed E-state index contributed by atoms with van der Waals surface area (Å²) in [6.45, 7) is 1.47. The number of nitrogens with one attached hydrogen (secondary N) is 1. The molecule has 12 heavy (non-hydrogen) atoms. The van der Waals surface area contributed by atoms with Crippen molar-refractivity contribution in [3.05, 3.63) is 29.5 Å². The first-order chi connectivity index (χ1) is 5.11. The molecule has 0 aliphatic rings. The minimum atomic E-state index is -0.0308. The van der Waals surface area contributed by atoms with Crippen molar-refractivity contribution in [2.45, 2.75) is 6.92 Å². The molecule has 0 aliphatic heterocycles. The van der Waals surface area contributed by atoms with Crippen LogP contribution in [0.2, 0.25) is 0 Å². The predicted octanol–water partition coefficient (Wildman–Crippen LogP) is -0.841. The van der Waals surface area contributed by atoms with Crippen LogP contribution < -0.4 is 57.1 Å². The van der Waals surface area contributed by atoms with Crippen LogP contribution in [0.1, 0.15) is 17.3 Å². The van der Waals surface area contributed by atoms with Crippen molar-refractivity contribution in [3.63, 3.8) is 0 Å². The first-order valence-electron chi connectivity index (χ1n) is 3.23. The molecule has 4 heteroatoms. The van der Waals surface area contributed by atoms with Crippen LogP contribution in [-0.4, -0.2) is 5.78 Å². The number of ketones is 1. The van der Waals surface area contributed by atoms with E-state index >= 15 is 0 Å². The minimum absolute atomic E-state index is 0. The van der Waals surface area contributed by atoms with Gasteiger partial charge in [0.05, 0.1) is 0 Å². The van der Waals surface area contributed by atoms with Crippen molar-refractivity contribution in [1.29, 1.82) is 0 Å². The van der Waals surface area contributed by atoms with Gasteiger partial charge in [0.25, 0.3) is 0 Å². The third kappa shape index (κ3) is 2.88. The van der Waals surface area contributed by atoms with Gasteiger partial charge in [-0.05, 0) is 13.0 Å². The van der Waals surface area contributed by atoms with Gasteiger partial charge in [0.15, 0.2) is 5.78 Å². The second-order valence-corrected chi connectivity index (χ2v) is 2.36. The Morgan fingerprint density at radius 2 is 2.08 bits per heavy atom. The predicted molar refractivity (Wildman–Crippen MR) is 44.8 cm³/mol. The van der Waals surface area contributed by atoms with Gasteiger partial charge >= 0.3 is 51.4 Å². The zero-order valence-electron chi connectivity index (χ0n) is 7.22. The fraction of sp³-hybridized carbons (Fsp3) is 0.125. The smallest absolute Gasteiger partial charge is 0.697 e. The first kappa shape index (κ1) is 12.1. The zero-order chi connectivity index (χ0) is 8.43. The van der Waals surface area contributed by atoms with Crippen molar-refractivity contribution < 1.29 is 56.2 Å². The number of carbonyl (C=O) groups excluding carboxylic acids is 1. The SMILES string of the molecule is CC(=O)c1ccc([NH-])c(N)c1.[K+]. The first-order valence-corrected chi connectivity index (χ1v) is 3.23. The zero-order valence-corrected chi connectivity index (χ0v) is 10.3. The Hall–Kier alpha value is 0.126. The van der Waals surface area contributed by atoms with E-state index in [-0.39, 0.29) is 62.9 Å². The van der Waals surface area contributed by atoms with E-state index in [1.54, 1.807) is 6.07 Å². The van der Waals surface area contributed by atoms with E-state index in [0.717, 1.165) is 0 Å². The third-order valence-electron chi connectivity index (χ3n) is 1.46. The molecule has 0 amide bonds. The van der Waals surface area contributed by atoms with Gasteiger partial charge < -0.3 is 11.5 Å². The Morgan fingerprint density at radius 1 is 1.50 bits per heavy atom. The van der Waals surface area contributed by atoms with Crippen LogP contribution in [-0.2, 0) is 0 Å². The second-order valence-electron chi connectivity index (χ2n) is 2.36. The molecule has 3 N–H and O–H groups in total. The fourth-order valence-corrected chi connectivity index (χ4v) is 0.782. The minimum Gasteiger partial charge on any atom is -0.697 e. The normalized spacial score (nSPS) is 8.75. The topological polar surface area (TPSA) is 66.9 Å². The average Bonchev–Trinajstić information content (AvgIpc) is 1.94. The van der Waals surface area contributed by atoms with E-state index in [9.17, 15) is 4.79 Å². The fourth-order valence-electron chi connectivity index (χ4n) is 0.782. The number of hydrogen-bond acceptors (Lipinski definition) is 2. The maximum atomic E-state index is 10.8. The number of hydrogen-bond donors (Lipinski definition) is 1. The summed E-state index contributed by atoms with van der Waals surface area (Å²) in [7, 11) is 0. The molecule has 0 bridgehead atoms. The summed E-state index contributed by atoms with van der Waals surface area (Å²) < 4.78 is 0. The van der Waals surface area contributed by atoms with Crippen molar-refractivity contribution in [3.8, 4) is 0 Å². The average molecular weight is 188 g/mol. The summed E-state index contributed by atoms with van der Waals surface area (Å²) >= 11 is 0. The van der Waals surface area contributed by atoms with Gasteiger partial charge in [0, 0.05) is 11.3 Å². The molecule has 0 fully saturated rings. The number of anilines is 1. The number of benzene rings is 1. The molecule has 0 heterocycles. The molecule has 1 rings (SSSR count). The molecular weight excluding hydrogens is 179 g/mol. The van der Waals surface area contributed by atoms with E-state index in [4.69, 9.17) is 11.5 Å². The Balaban J connectivity index is 0.00000121. The van der Waals surface area contributed by atoms with Crippen LogP contribution >= 0.6 is 0 Å². The number of carbonyl (C=O) groups is 1. The van der Waals surface area contributed by atoms with Gasteiger partial charge in [-0.3, -0.25) is 4.79 Å². The molecule has 58 valence electrons. The van der Waals surface area contributed by atoms with Gasteiger partial charge in [0.2, 0.25) is 0 Å². The summed E-state index contributed by atoms with van der Waals surface area (Å²) in [6.07, 6.45) is 0. The van der Waals surface area contributed by atoms with E-state index in [1.165, 1.54) is 19.1 Å². The molecule has 0 aromatic heterocycles. The van der Waals surface area contributed by atoms with E-state index in [0.29, 0.717) is 11.3 Å². The van der Waals surface area contributed by atoms with Crippen molar-refractivity contribution in [2.75, 3.05) is 5.73 Å². The van der Waals surface area contributed by atoms with Crippen molar-refractivity contribution >= 4 is 17.2 Å². The van der Waals surface area contributed by atoms with Crippen LogP contribution in [0.15, 0.2) is 18.2 Å². The molecular formula is C8H9KN2O. The summed E-state index contributed by atoms with van der Waals surface area (Å²) in [4.78, 5) is 10.8. The van der Waals surface area contributed by atoms with Gasteiger partial charge in [0.1, 0.15) is 0 Å². The summed E-state index contributed by atoms with van der Waals surface area (Å²) in [5.41, 5.74) is 13.8. The van der Waals surface area contributed by atoms with Gasteiger partial charge in [-0.25, -0.2) is 0 Å². The van der Waals surface area contributed by atoms with Crippen LogP contribution in [0.25, 0.3) is 5.73 Å². The second kappa shape index (κ2) is 4.99. The van der Waals surface area contributed by atoms with E-state index in [1.807, 2.05) is 0 Å². The number of nitrogen functional groups attached to an aromatic ring is 1. The Morgan fingerprint density at radius 3 is 2.50 bits per heavy atom. The monoisotopic (exact) mass is 188 g/mol. The number of rotatable bonds is 1. The maximum Gasteiger partial charge on any atom is 1.00 e. The molecule has 0 saturated heterocycles. The van der Waals surface area contributed by atoms with Gasteiger partial charge in [-0.2, -0.15) is 0 Å². The van der Waals surface area contributed by atoms with E-state index < -0.39 is 0 Å². The van der Waals surface area contributed by atoms with Crippen LogP contribution in [0.5, 0.6) is 0 Å². The molecule has 1 aromatic rings. The largest absolute Gasteiger partial charge is 1.00 e. The molecule has 0 saturated carbocycles. The Kier molecular flexibility index (Phi) is 5.04. The molecule has 0 aliphatic carbocycles. The number of nitrogens with two attached hydrogens (primary N) is 1. The van der Waals surface area contributed by atoms with Gasteiger partial charge in [-0.15, -0.1) is 5.69 Å². The maximum absolute atomic E-state index is 10.8. The Bertz CT molecular complexity index is 299. The summed E-state index contributed by atoms with van der Waals surface area (Å²) in [5.74, 6) is -0.0308. The van der Waals surface area contributed by atoms with Crippen LogP contribution in [0.4, 0.5) is 11.4 Å². The van der Waals surface area contributed by atoms with Crippen molar-refractivity contribution in [2.24, 2.45) is 0 Å².